The number of rotatable bonds is 4. The van der Waals surface area contributed by atoms with Gasteiger partial charge in [0, 0.05) is 11.0 Å². The molecule has 0 aromatic heterocycles. The Morgan fingerprint density at radius 3 is 2.71 bits per heavy atom. The number of carboxylic acid groups (broad SMARTS) is 1. The van der Waals surface area contributed by atoms with Gasteiger partial charge < -0.3 is 15.3 Å². The molecule has 0 radical (unpaired) electrons. The predicted molar refractivity (Wildman–Crippen MR) is 78.8 cm³/mol. The zero-order chi connectivity index (χ0) is 15.4. The fourth-order valence-electron chi connectivity index (χ4n) is 2.32. The molecule has 1 fully saturated rings. The minimum atomic E-state index is -1.00. The summed E-state index contributed by atoms with van der Waals surface area (Å²) < 4.78 is 0.638. The molecule has 0 spiro atoms. The number of likely N-dealkylation sites (tertiary alicyclic amines) is 1. The molecule has 1 aliphatic rings. The molecule has 7 heteroatoms. The lowest BCUT2D eigenvalue weighted by atomic mass is 10.2. The van der Waals surface area contributed by atoms with Crippen LogP contribution in [0.5, 0.6) is 0 Å². The van der Waals surface area contributed by atoms with E-state index in [0.717, 1.165) is 0 Å². The Hall–Kier alpha value is -1.89. The minimum absolute atomic E-state index is 0.204. The number of hydrogen-bond acceptors (Lipinski definition) is 3. The first-order valence-corrected chi connectivity index (χ1v) is 7.35. The topological polar surface area (TPSA) is 86.7 Å². The van der Waals surface area contributed by atoms with Gasteiger partial charge in [0.05, 0.1) is 12.1 Å². The summed E-state index contributed by atoms with van der Waals surface area (Å²) in [5, 5.41) is 11.6. The highest BCUT2D eigenvalue weighted by Gasteiger charge is 2.33. The lowest BCUT2D eigenvalue weighted by molar-refractivity contribution is -0.147. The van der Waals surface area contributed by atoms with Gasteiger partial charge >= 0.3 is 5.97 Å². The third-order valence-electron chi connectivity index (χ3n) is 3.38. The maximum absolute atomic E-state index is 12.0. The van der Waals surface area contributed by atoms with Crippen molar-refractivity contribution in [2.75, 3.05) is 13.1 Å². The van der Waals surface area contributed by atoms with Crippen LogP contribution < -0.4 is 5.32 Å². The van der Waals surface area contributed by atoms with Crippen molar-refractivity contribution in [1.82, 2.24) is 10.2 Å². The number of carboxylic acids is 1. The van der Waals surface area contributed by atoms with E-state index in [4.69, 9.17) is 5.11 Å². The Bertz CT molecular complexity index is 576. The van der Waals surface area contributed by atoms with Gasteiger partial charge in [0.25, 0.3) is 5.91 Å². The normalized spacial score (nSPS) is 17.6. The molecular weight excluding hydrogens is 340 g/mol. The molecule has 1 saturated heterocycles. The smallest absolute Gasteiger partial charge is 0.326 e. The van der Waals surface area contributed by atoms with Crippen LogP contribution in [0, 0.1) is 0 Å². The average Bonchev–Trinajstić information content (AvgIpc) is 2.94. The number of nitrogens with one attached hydrogen (secondary N) is 1. The molecule has 2 N–H and O–H groups in total. The second kappa shape index (κ2) is 6.71. The molecule has 112 valence electrons. The molecule has 1 aromatic rings. The SMILES string of the molecule is O=C(NCC(=O)N1CCC[C@H]1C(=O)O)c1ccccc1Br. The first-order valence-electron chi connectivity index (χ1n) is 6.55. The third-order valence-corrected chi connectivity index (χ3v) is 4.07. The van der Waals surface area contributed by atoms with Crippen LogP contribution in [-0.4, -0.2) is 46.9 Å². The number of aliphatic carboxylic acids is 1. The van der Waals surface area contributed by atoms with E-state index in [1.807, 2.05) is 0 Å². The fourth-order valence-corrected chi connectivity index (χ4v) is 2.78. The Labute approximate surface area is 130 Å². The molecule has 0 unspecified atom stereocenters. The third kappa shape index (κ3) is 3.60. The molecule has 2 rings (SSSR count). The van der Waals surface area contributed by atoms with Crippen LogP contribution >= 0.6 is 15.9 Å². The van der Waals surface area contributed by atoms with Gasteiger partial charge in [0.2, 0.25) is 5.91 Å². The van der Waals surface area contributed by atoms with E-state index in [1.54, 1.807) is 24.3 Å². The number of carbonyl (C=O) groups excluding carboxylic acids is 2. The Morgan fingerprint density at radius 2 is 2.05 bits per heavy atom. The molecule has 1 heterocycles. The van der Waals surface area contributed by atoms with Crippen molar-refractivity contribution in [2.24, 2.45) is 0 Å². The van der Waals surface area contributed by atoms with E-state index < -0.39 is 12.0 Å². The molecule has 1 atom stereocenters. The molecule has 0 aliphatic carbocycles. The molecular formula is C14H15BrN2O4. The molecule has 2 amide bonds. The van der Waals surface area contributed by atoms with Gasteiger partial charge in [-0.15, -0.1) is 0 Å². The summed E-state index contributed by atoms with van der Waals surface area (Å²) in [4.78, 5) is 36.3. The van der Waals surface area contributed by atoms with Crippen LogP contribution in [-0.2, 0) is 9.59 Å². The van der Waals surface area contributed by atoms with Crippen molar-refractivity contribution in [1.29, 1.82) is 0 Å². The van der Waals surface area contributed by atoms with Gasteiger partial charge in [-0.25, -0.2) is 4.79 Å². The van der Waals surface area contributed by atoms with Crippen LogP contribution in [0.1, 0.15) is 23.2 Å². The number of amides is 2. The molecule has 1 aromatic carbocycles. The van der Waals surface area contributed by atoms with Crippen molar-refractivity contribution < 1.29 is 19.5 Å². The zero-order valence-electron chi connectivity index (χ0n) is 11.2. The van der Waals surface area contributed by atoms with Crippen molar-refractivity contribution in [3.8, 4) is 0 Å². The van der Waals surface area contributed by atoms with E-state index in [0.29, 0.717) is 29.4 Å². The van der Waals surface area contributed by atoms with Crippen LogP contribution in [0.2, 0.25) is 0 Å². The van der Waals surface area contributed by atoms with Gasteiger partial charge in [-0.3, -0.25) is 9.59 Å². The van der Waals surface area contributed by atoms with Gasteiger partial charge in [0.1, 0.15) is 6.04 Å². The number of carbonyl (C=O) groups is 3. The summed E-state index contributed by atoms with van der Waals surface area (Å²) in [6.07, 6.45) is 1.13. The van der Waals surface area contributed by atoms with Crippen LogP contribution in [0.4, 0.5) is 0 Å². The highest BCUT2D eigenvalue weighted by Crippen LogP contribution is 2.18. The Morgan fingerprint density at radius 1 is 1.33 bits per heavy atom. The van der Waals surface area contributed by atoms with E-state index >= 15 is 0 Å². The summed E-state index contributed by atoms with van der Waals surface area (Å²) in [5.41, 5.74) is 0.432. The Balaban J connectivity index is 1.94. The van der Waals surface area contributed by atoms with Crippen LogP contribution in [0.3, 0.4) is 0 Å². The summed E-state index contributed by atoms with van der Waals surface area (Å²) in [6, 6.07) is 6.10. The zero-order valence-corrected chi connectivity index (χ0v) is 12.8. The summed E-state index contributed by atoms with van der Waals surface area (Å²) >= 11 is 3.26. The first kappa shape index (κ1) is 15.5. The van der Waals surface area contributed by atoms with Crippen molar-refractivity contribution >= 4 is 33.7 Å². The average molecular weight is 355 g/mol. The summed E-state index contributed by atoms with van der Waals surface area (Å²) in [6.45, 7) is 0.213. The van der Waals surface area contributed by atoms with Crippen molar-refractivity contribution in [3.05, 3.63) is 34.3 Å². The largest absolute Gasteiger partial charge is 0.480 e. The van der Waals surface area contributed by atoms with E-state index in [1.165, 1.54) is 4.90 Å². The maximum Gasteiger partial charge on any atom is 0.326 e. The lowest BCUT2D eigenvalue weighted by Gasteiger charge is -2.21. The molecule has 0 saturated carbocycles. The summed E-state index contributed by atoms with van der Waals surface area (Å²) in [5.74, 6) is -1.75. The van der Waals surface area contributed by atoms with Crippen LogP contribution in [0.15, 0.2) is 28.7 Å². The standard InChI is InChI=1S/C14H15BrN2O4/c15-10-5-2-1-4-9(10)13(19)16-8-12(18)17-7-3-6-11(17)14(20)21/h1-2,4-5,11H,3,6-8H2,(H,16,19)(H,20,21)/t11-/m0/s1. The van der Waals surface area contributed by atoms with E-state index in [2.05, 4.69) is 21.2 Å². The fraction of sp³-hybridized carbons (Fsp3) is 0.357. The molecule has 0 bridgehead atoms. The monoisotopic (exact) mass is 354 g/mol. The second-order valence-electron chi connectivity index (χ2n) is 4.75. The second-order valence-corrected chi connectivity index (χ2v) is 5.60. The number of halogens is 1. The minimum Gasteiger partial charge on any atom is -0.480 e. The molecule has 21 heavy (non-hydrogen) atoms. The number of hydrogen-bond donors (Lipinski definition) is 2. The molecule has 1 aliphatic heterocycles. The van der Waals surface area contributed by atoms with Gasteiger partial charge in [-0.05, 0) is 40.9 Å². The van der Waals surface area contributed by atoms with E-state index in [9.17, 15) is 14.4 Å². The molecule has 6 nitrogen and oxygen atoms in total. The number of benzene rings is 1. The van der Waals surface area contributed by atoms with E-state index in [-0.39, 0.29) is 18.4 Å². The first-order chi connectivity index (χ1) is 10.0. The highest BCUT2D eigenvalue weighted by molar-refractivity contribution is 9.10. The predicted octanol–water partition coefficient (Wildman–Crippen LogP) is 1.25. The highest BCUT2D eigenvalue weighted by atomic mass is 79.9. The Kier molecular flexibility index (Phi) is 4.95. The van der Waals surface area contributed by atoms with Gasteiger partial charge in [0.15, 0.2) is 0 Å². The van der Waals surface area contributed by atoms with Gasteiger partial charge in [-0.1, -0.05) is 12.1 Å². The van der Waals surface area contributed by atoms with Crippen LogP contribution in [0.25, 0.3) is 0 Å². The van der Waals surface area contributed by atoms with Crippen molar-refractivity contribution in [3.63, 3.8) is 0 Å². The maximum atomic E-state index is 12.0. The van der Waals surface area contributed by atoms with Gasteiger partial charge in [-0.2, -0.15) is 0 Å². The summed E-state index contributed by atoms with van der Waals surface area (Å²) in [7, 11) is 0. The van der Waals surface area contributed by atoms with Crippen molar-refractivity contribution in [2.45, 2.75) is 18.9 Å². The number of nitrogens with zero attached hydrogens (tertiary/aromatic N) is 1. The quantitative estimate of drug-likeness (QED) is 0.851. The lowest BCUT2D eigenvalue weighted by Crippen LogP contribution is -2.45.